The number of carbonyl (C=O) groups excluding carboxylic acids is 2. The summed E-state index contributed by atoms with van der Waals surface area (Å²) in [6.45, 7) is 6.26. The first kappa shape index (κ1) is 33.7. The normalized spacial score (nSPS) is 15.8. The van der Waals surface area contributed by atoms with Crippen molar-refractivity contribution in [3.8, 4) is 5.75 Å². The van der Waals surface area contributed by atoms with Gasteiger partial charge >= 0.3 is 12.6 Å². The van der Waals surface area contributed by atoms with E-state index >= 15 is 0 Å². The summed E-state index contributed by atoms with van der Waals surface area (Å²) in [6.07, 6.45) is 2.13. The largest absolute Gasteiger partial charge is 0.469 e. The molecule has 1 aliphatic rings. The molecule has 1 aromatic carbocycles. The fraction of sp³-hybridized carbons (Fsp3) is 0.593. The number of nitrogens with zero attached hydrogens (tertiary/aromatic N) is 3. The van der Waals surface area contributed by atoms with Crippen molar-refractivity contribution in [2.45, 2.75) is 58.6 Å². The molecule has 1 fully saturated rings. The predicted octanol–water partition coefficient (Wildman–Crippen LogP) is 5.81. The molecule has 40 heavy (non-hydrogen) atoms. The van der Waals surface area contributed by atoms with Gasteiger partial charge in [0.15, 0.2) is 5.75 Å². The molecule has 3 rings (SSSR count). The van der Waals surface area contributed by atoms with Gasteiger partial charge in [0, 0.05) is 37.8 Å². The number of anilines is 1. The van der Waals surface area contributed by atoms with E-state index in [0.717, 1.165) is 0 Å². The van der Waals surface area contributed by atoms with Gasteiger partial charge in [-0.1, -0.05) is 50.9 Å². The lowest BCUT2D eigenvalue weighted by molar-refractivity contribution is -0.148. The number of piperidine rings is 1. The molecule has 1 atom stereocenters. The summed E-state index contributed by atoms with van der Waals surface area (Å²) >= 11 is 12.4. The topological polar surface area (TPSA) is 94.9 Å². The highest BCUT2D eigenvalue weighted by molar-refractivity contribution is 6.31. The number of ether oxygens (including phenoxy) is 3. The molecule has 13 heteroatoms. The minimum atomic E-state index is -3.10. The van der Waals surface area contributed by atoms with Crippen molar-refractivity contribution in [3.63, 3.8) is 0 Å². The van der Waals surface area contributed by atoms with Gasteiger partial charge in [0.05, 0.1) is 42.2 Å². The lowest BCUT2D eigenvalue weighted by Gasteiger charge is -2.42. The third kappa shape index (κ3) is 8.05. The van der Waals surface area contributed by atoms with E-state index in [-0.39, 0.29) is 35.0 Å². The summed E-state index contributed by atoms with van der Waals surface area (Å²) < 4.78 is 42.4. The van der Waals surface area contributed by atoms with E-state index in [1.807, 2.05) is 27.7 Å². The van der Waals surface area contributed by atoms with Gasteiger partial charge in [-0.2, -0.15) is 13.9 Å². The molecule has 0 bridgehead atoms. The smallest absolute Gasteiger partial charge is 0.387 e. The molecule has 1 aliphatic heterocycles. The van der Waals surface area contributed by atoms with Crippen LogP contribution in [0.2, 0.25) is 10.0 Å². The van der Waals surface area contributed by atoms with E-state index < -0.39 is 24.0 Å². The van der Waals surface area contributed by atoms with Crippen LogP contribution in [0.3, 0.4) is 0 Å². The second-order valence-electron chi connectivity index (χ2n) is 9.42. The van der Waals surface area contributed by atoms with Gasteiger partial charge in [0.25, 0.3) is 5.91 Å². The fourth-order valence-electron chi connectivity index (χ4n) is 4.75. The van der Waals surface area contributed by atoms with Gasteiger partial charge < -0.3 is 24.4 Å². The zero-order valence-electron chi connectivity index (χ0n) is 23.7. The molecule has 9 nitrogen and oxygen atoms in total. The number of nitrogens with one attached hydrogen (secondary N) is 1. The number of hydrogen-bond donors (Lipinski definition) is 1. The van der Waals surface area contributed by atoms with Crippen LogP contribution < -0.4 is 10.1 Å². The van der Waals surface area contributed by atoms with Crippen molar-refractivity contribution >= 4 is 40.8 Å². The van der Waals surface area contributed by atoms with Crippen molar-refractivity contribution in [2.24, 2.45) is 5.92 Å². The zero-order chi connectivity index (χ0) is 30.0. The first-order valence-corrected chi connectivity index (χ1v) is 13.9. The van der Waals surface area contributed by atoms with E-state index in [4.69, 9.17) is 32.7 Å². The van der Waals surface area contributed by atoms with Crippen LogP contribution in [0, 0.1) is 5.92 Å². The molecule has 1 unspecified atom stereocenters. The maximum absolute atomic E-state index is 14.0. The van der Waals surface area contributed by atoms with E-state index in [0.29, 0.717) is 43.2 Å². The molecule has 0 aliphatic carbocycles. The number of amides is 1. The number of aromatic nitrogens is 2. The molecule has 2 aromatic rings. The van der Waals surface area contributed by atoms with Crippen molar-refractivity contribution in [3.05, 3.63) is 40.1 Å². The van der Waals surface area contributed by atoms with E-state index in [9.17, 15) is 18.4 Å². The quantitative estimate of drug-likeness (QED) is 0.323. The second kappa shape index (κ2) is 15.5. The van der Waals surface area contributed by atoms with Crippen molar-refractivity contribution in [2.75, 3.05) is 45.8 Å². The Balaban J connectivity index is 0.00000274. The number of benzene rings is 1. The van der Waals surface area contributed by atoms with Crippen LogP contribution in [-0.4, -0.2) is 73.6 Å². The Morgan fingerprint density at radius 1 is 1.15 bits per heavy atom. The number of methoxy groups -OCH3 is 2. The molecule has 1 N–H and O–H groups in total. The molecule has 2 heterocycles. The lowest BCUT2D eigenvalue weighted by atomic mass is 9.85. The van der Waals surface area contributed by atoms with E-state index in [1.54, 1.807) is 4.68 Å². The number of carbonyl (C=O) groups is 2. The van der Waals surface area contributed by atoms with Crippen LogP contribution >= 0.6 is 23.2 Å². The van der Waals surface area contributed by atoms with Gasteiger partial charge in [-0.25, -0.2) is 0 Å². The van der Waals surface area contributed by atoms with Crippen LogP contribution in [0.5, 0.6) is 5.75 Å². The number of alkyl halides is 2. The number of rotatable bonds is 11. The highest BCUT2D eigenvalue weighted by Gasteiger charge is 2.46. The van der Waals surface area contributed by atoms with Crippen molar-refractivity contribution < 1.29 is 32.6 Å². The van der Waals surface area contributed by atoms with Crippen LogP contribution in [0.1, 0.15) is 52.1 Å². The van der Waals surface area contributed by atoms with Crippen LogP contribution in [-0.2, 0) is 24.6 Å². The van der Waals surface area contributed by atoms with Crippen LogP contribution in [0.15, 0.2) is 24.4 Å². The summed E-state index contributed by atoms with van der Waals surface area (Å²) in [5, 5.41) is 7.84. The van der Waals surface area contributed by atoms with Gasteiger partial charge in [0.2, 0.25) is 0 Å². The Morgan fingerprint density at radius 2 is 1.80 bits per heavy atom. The zero-order valence-corrected chi connectivity index (χ0v) is 25.2. The SMILES string of the molecule is CC.COCC(CN1CCC(C(=O)Nc2ccc(Cl)cc2OC(F)F)(n2ncc(Cl)c2C(C)C)CC1)C(=O)OC. The molecule has 1 aromatic heterocycles. The third-order valence-corrected chi connectivity index (χ3v) is 7.13. The molecule has 1 amide bonds. The molecular weight excluding hydrogens is 569 g/mol. The molecule has 0 saturated carbocycles. The number of esters is 1. The number of hydrogen-bond acceptors (Lipinski definition) is 7. The van der Waals surface area contributed by atoms with Crippen molar-refractivity contribution in [1.29, 1.82) is 0 Å². The first-order chi connectivity index (χ1) is 19.0. The van der Waals surface area contributed by atoms with Gasteiger partial charge in [0.1, 0.15) is 5.54 Å². The highest BCUT2D eigenvalue weighted by Crippen LogP contribution is 2.38. The second-order valence-corrected chi connectivity index (χ2v) is 10.3. The summed E-state index contributed by atoms with van der Waals surface area (Å²) in [4.78, 5) is 28.2. The maximum Gasteiger partial charge on any atom is 0.387 e. The molecule has 0 spiro atoms. The standard InChI is InChI=1S/C25H32Cl2F2N4O5.C2H6/c1-15(2)21-18(27)12-30-33(21)25(7-9-32(10-8-25)13-16(14-36-3)22(34)37-4)23(35)31-19-6-5-17(26)11-20(19)38-24(28)29;1-2/h5-6,11-12,15-16,24H,7-10,13-14H2,1-4H3,(H,31,35);1-2H3. The molecular formula is C27H38Cl2F2N4O5. The monoisotopic (exact) mass is 606 g/mol. The molecule has 1 saturated heterocycles. The summed E-state index contributed by atoms with van der Waals surface area (Å²) in [6, 6.07) is 4.09. The lowest BCUT2D eigenvalue weighted by Crippen LogP contribution is -2.55. The molecule has 224 valence electrons. The Labute approximate surface area is 244 Å². The summed E-state index contributed by atoms with van der Waals surface area (Å²) in [5.41, 5.74) is -0.452. The number of halogens is 4. The van der Waals surface area contributed by atoms with Gasteiger partial charge in [-0.15, -0.1) is 0 Å². The van der Waals surface area contributed by atoms with E-state index in [1.165, 1.54) is 38.6 Å². The van der Waals surface area contributed by atoms with Crippen LogP contribution in [0.4, 0.5) is 14.5 Å². The Hall–Kier alpha value is -2.47. The minimum absolute atomic E-state index is 0.0497. The minimum Gasteiger partial charge on any atom is -0.469 e. The Kier molecular flexibility index (Phi) is 13.1. The maximum atomic E-state index is 14.0. The molecule has 0 radical (unpaired) electrons. The third-order valence-electron chi connectivity index (χ3n) is 6.61. The highest BCUT2D eigenvalue weighted by atomic mass is 35.5. The Bertz CT molecular complexity index is 1120. The van der Waals surface area contributed by atoms with Gasteiger partial charge in [-0.05, 0) is 30.9 Å². The predicted molar refractivity (Wildman–Crippen MR) is 150 cm³/mol. The Morgan fingerprint density at radius 3 is 2.35 bits per heavy atom. The first-order valence-electron chi connectivity index (χ1n) is 13.1. The van der Waals surface area contributed by atoms with Crippen LogP contribution in [0.25, 0.3) is 0 Å². The van der Waals surface area contributed by atoms with Gasteiger partial charge in [-0.3, -0.25) is 14.3 Å². The van der Waals surface area contributed by atoms with Crippen molar-refractivity contribution in [1.82, 2.24) is 14.7 Å². The number of likely N-dealkylation sites (tertiary alicyclic amines) is 1. The fourth-order valence-corrected chi connectivity index (χ4v) is 5.25. The van der Waals surface area contributed by atoms with E-state index in [2.05, 4.69) is 20.1 Å². The summed E-state index contributed by atoms with van der Waals surface area (Å²) in [5.74, 6) is -1.62. The average Bonchev–Trinajstić information content (AvgIpc) is 3.32. The summed E-state index contributed by atoms with van der Waals surface area (Å²) in [7, 11) is 2.84. The average molecular weight is 608 g/mol.